The van der Waals surface area contributed by atoms with Gasteiger partial charge in [-0.2, -0.15) is 0 Å². The maximum absolute atomic E-state index is 13.6. The van der Waals surface area contributed by atoms with Crippen molar-refractivity contribution in [3.63, 3.8) is 0 Å². The van der Waals surface area contributed by atoms with Crippen molar-refractivity contribution in [2.75, 3.05) is 26.7 Å². The molecule has 0 aliphatic carbocycles. The van der Waals surface area contributed by atoms with Crippen LogP contribution in [0.1, 0.15) is 22.8 Å². The van der Waals surface area contributed by atoms with E-state index < -0.39 is 11.7 Å². The SMILES string of the molecule is COc1cccc(CCN(CCNC(=O)c2ccccc2F)C(C)=O)c1. The van der Waals surface area contributed by atoms with E-state index >= 15 is 0 Å². The van der Waals surface area contributed by atoms with Gasteiger partial charge in [0, 0.05) is 26.6 Å². The van der Waals surface area contributed by atoms with E-state index in [0.29, 0.717) is 19.5 Å². The third-order valence-corrected chi connectivity index (χ3v) is 4.04. The lowest BCUT2D eigenvalue weighted by Crippen LogP contribution is -2.38. The normalized spacial score (nSPS) is 10.3. The predicted octanol–water partition coefficient (Wildman–Crippen LogP) is 2.66. The maximum atomic E-state index is 13.6. The molecule has 0 bridgehead atoms. The Kier molecular flexibility index (Phi) is 7.14. The number of hydrogen-bond donors (Lipinski definition) is 1. The van der Waals surface area contributed by atoms with Crippen LogP contribution in [-0.2, 0) is 11.2 Å². The third kappa shape index (κ3) is 5.58. The number of nitrogens with zero attached hydrogens (tertiary/aromatic N) is 1. The first-order valence-electron chi connectivity index (χ1n) is 8.42. The van der Waals surface area contributed by atoms with Crippen molar-refractivity contribution < 1.29 is 18.7 Å². The average molecular weight is 358 g/mol. The lowest BCUT2D eigenvalue weighted by molar-refractivity contribution is -0.128. The van der Waals surface area contributed by atoms with Crippen LogP contribution in [0.15, 0.2) is 48.5 Å². The summed E-state index contributed by atoms with van der Waals surface area (Å²) in [5, 5.41) is 2.65. The first kappa shape index (κ1) is 19.4. The summed E-state index contributed by atoms with van der Waals surface area (Å²) >= 11 is 0. The minimum atomic E-state index is -0.563. The zero-order chi connectivity index (χ0) is 18.9. The fourth-order valence-corrected chi connectivity index (χ4v) is 2.56. The topological polar surface area (TPSA) is 58.6 Å². The van der Waals surface area contributed by atoms with Gasteiger partial charge in [-0.15, -0.1) is 0 Å². The Morgan fingerprint density at radius 1 is 1.12 bits per heavy atom. The minimum absolute atomic E-state index is 0.00162. The summed E-state index contributed by atoms with van der Waals surface area (Å²) in [5.41, 5.74) is 1.06. The molecule has 0 fully saturated rings. The molecular weight excluding hydrogens is 335 g/mol. The highest BCUT2D eigenvalue weighted by Gasteiger charge is 2.12. The highest BCUT2D eigenvalue weighted by Crippen LogP contribution is 2.13. The molecule has 0 heterocycles. The number of rotatable bonds is 8. The second-order valence-electron chi connectivity index (χ2n) is 5.84. The van der Waals surface area contributed by atoms with E-state index in [1.165, 1.54) is 25.1 Å². The van der Waals surface area contributed by atoms with E-state index in [1.807, 2.05) is 24.3 Å². The van der Waals surface area contributed by atoms with Crippen LogP contribution in [0.4, 0.5) is 4.39 Å². The van der Waals surface area contributed by atoms with Crippen molar-refractivity contribution in [1.82, 2.24) is 10.2 Å². The smallest absolute Gasteiger partial charge is 0.254 e. The van der Waals surface area contributed by atoms with Crippen molar-refractivity contribution in [1.29, 1.82) is 0 Å². The molecule has 0 saturated heterocycles. The molecule has 1 N–H and O–H groups in total. The average Bonchev–Trinajstić information content (AvgIpc) is 2.64. The number of carbonyl (C=O) groups is 2. The quantitative estimate of drug-likeness (QED) is 0.789. The first-order chi connectivity index (χ1) is 12.5. The number of nitrogens with one attached hydrogen (secondary N) is 1. The molecule has 0 aromatic heterocycles. The van der Waals surface area contributed by atoms with Gasteiger partial charge < -0.3 is 15.0 Å². The van der Waals surface area contributed by atoms with Gasteiger partial charge in [0.2, 0.25) is 5.91 Å². The maximum Gasteiger partial charge on any atom is 0.254 e. The summed E-state index contributed by atoms with van der Waals surface area (Å²) in [6, 6.07) is 13.5. The number of methoxy groups -OCH3 is 1. The molecule has 6 heteroatoms. The Balaban J connectivity index is 1.85. The number of halogens is 1. The van der Waals surface area contributed by atoms with Crippen LogP contribution in [-0.4, -0.2) is 43.5 Å². The van der Waals surface area contributed by atoms with Crippen molar-refractivity contribution >= 4 is 11.8 Å². The van der Waals surface area contributed by atoms with Gasteiger partial charge in [-0.25, -0.2) is 4.39 Å². The number of amides is 2. The van der Waals surface area contributed by atoms with Crippen molar-refractivity contribution in [2.45, 2.75) is 13.3 Å². The summed E-state index contributed by atoms with van der Waals surface area (Å²) in [5.74, 6) is -0.354. The Labute approximate surface area is 152 Å². The van der Waals surface area contributed by atoms with Crippen LogP contribution >= 0.6 is 0 Å². The van der Waals surface area contributed by atoms with Gasteiger partial charge in [0.15, 0.2) is 0 Å². The Hall–Kier alpha value is -2.89. The molecule has 5 nitrogen and oxygen atoms in total. The lowest BCUT2D eigenvalue weighted by atomic mass is 10.1. The van der Waals surface area contributed by atoms with E-state index in [9.17, 15) is 14.0 Å². The van der Waals surface area contributed by atoms with E-state index in [0.717, 1.165) is 11.3 Å². The standard InChI is InChI=1S/C20H23FN2O3/c1-15(24)23(12-10-16-6-5-7-17(14-16)26-2)13-11-22-20(25)18-8-3-4-9-19(18)21/h3-9,14H,10-13H2,1-2H3,(H,22,25). The summed E-state index contributed by atoms with van der Waals surface area (Å²) in [4.78, 5) is 25.5. The predicted molar refractivity (Wildman–Crippen MR) is 97.7 cm³/mol. The van der Waals surface area contributed by atoms with Crippen LogP contribution in [0.25, 0.3) is 0 Å². The Morgan fingerprint density at radius 2 is 1.88 bits per heavy atom. The molecule has 2 amide bonds. The van der Waals surface area contributed by atoms with Gasteiger partial charge in [0.1, 0.15) is 11.6 Å². The van der Waals surface area contributed by atoms with Crippen LogP contribution in [0, 0.1) is 5.82 Å². The monoisotopic (exact) mass is 358 g/mol. The third-order valence-electron chi connectivity index (χ3n) is 4.04. The summed E-state index contributed by atoms with van der Waals surface area (Å²) in [6.07, 6.45) is 0.679. The molecule has 0 atom stereocenters. The number of ether oxygens (including phenoxy) is 1. The Bertz CT molecular complexity index is 764. The van der Waals surface area contributed by atoms with E-state index in [1.54, 1.807) is 18.1 Å². The molecular formula is C20H23FN2O3. The Morgan fingerprint density at radius 3 is 2.58 bits per heavy atom. The number of carbonyl (C=O) groups excluding carboxylic acids is 2. The van der Waals surface area contributed by atoms with Gasteiger partial charge in [-0.1, -0.05) is 24.3 Å². The zero-order valence-electron chi connectivity index (χ0n) is 15.0. The van der Waals surface area contributed by atoms with Gasteiger partial charge in [0.05, 0.1) is 12.7 Å². The van der Waals surface area contributed by atoms with Gasteiger partial charge in [-0.05, 0) is 36.2 Å². The summed E-state index contributed by atoms with van der Waals surface area (Å²) in [6.45, 7) is 2.63. The molecule has 138 valence electrons. The minimum Gasteiger partial charge on any atom is -0.497 e. The zero-order valence-corrected chi connectivity index (χ0v) is 15.0. The molecule has 0 unspecified atom stereocenters. The molecule has 0 aliphatic rings. The molecule has 0 radical (unpaired) electrons. The molecule has 2 rings (SSSR count). The van der Waals surface area contributed by atoms with Crippen molar-refractivity contribution in [2.24, 2.45) is 0 Å². The van der Waals surface area contributed by atoms with Gasteiger partial charge in [0.25, 0.3) is 5.91 Å². The molecule has 0 aliphatic heterocycles. The molecule has 2 aromatic rings. The number of hydrogen-bond acceptors (Lipinski definition) is 3. The van der Waals surface area contributed by atoms with Crippen LogP contribution in [0.3, 0.4) is 0 Å². The van der Waals surface area contributed by atoms with Crippen molar-refractivity contribution in [3.05, 3.63) is 65.5 Å². The number of benzene rings is 2. The fourth-order valence-electron chi connectivity index (χ4n) is 2.56. The highest BCUT2D eigenvalue weighted by atomic mass is 19.1. The van der Waals surface area contributed by atoms with E-state index in [-0.39, 0.29) is 18.0 Å². The molecule has 0 spiro atoms. The highest BCUT2D eigenvalue weighted by molar-refractivity contribution is 5.94. The van der Waals surface area contributed by atoms with Gasteiger partial charge >= 0.3 is 0 Å². The fraction of sp³-hybridized carbons (Fsp3) is 0.300. The molecule has 26 heavy (non-hydrogen) atoms. The molecule has 0 saturated carbocycles. The van der Waals surface area contributed by atoms with E-state index in [2.05, 4.69) is 5.32 Å². The van der Waals surface area contributed by atoms with Crippen molar-refractivity contribution in [3.8, 4) is 5.75 Å². The van der Waals surface area contributed by atoms with Crippen LogP contribution in [0.5, 0.6) is 5.75 Å². The summed E-state index contributed by atoms with van der Waals surface area (Å²) < 4.78 is 18.8. The second kappa shape index (κ2) is 9.56. The molecule has 2 aromatic carbocycles. The van der Waals surface area contributed by atoms with Gasteiger partial charge in [-0.3, -0.25) is 9.59 Å². The largest absolute Gasteiger partial charge is 0.497 e. The van der Waals surface area contributed by atoms with Crippen LogP contribution < -0.4 is 10.1 Å². The second-order valence-corrected chi connectivity index (χ2v) is 5.84. The van der Waals surface area contributed by atoms with E-state index in [4.69, 9.17) is 4.74 Å². The van der Waals surface area contributed by atoms with Crippen LogP contribution in [0.2, 0.25) is 0 Å². The summed E-state index contributed by atoms with van der Waals surface area (Å²) in [7, 11) is 1.61. The lowest BCUT2D eigenvalue weighted by Gasteiger charge is -2.21. The first-order valence-corrected chi connectivity index (χ1v) is 8.42.